The van der Waals surface area contributed by atoms with Crippen molar-refractivity contribution in [3.8, 4) is 0 Å². The van der Waals surface area contributed by atoms with Crippen LogP contribution in [-0.2, 0) is 16.0 Å². The van der Waals surface area contributed by atoms with Gasteiger partial charge in [-0.3, -0.25) is 9.69 Å². The molecule has 4 rings (SSSR count). The fourth-order valence-corrected chi connectivity index (χ4v) is 4.53. The third-order valence-electron chi connectivity index (χ3n) is 5.36. The van der Waals surface area contributed by atoms with E-state index in [1.807, 2.05) is 0 Å². The second-order valence-electron chi connectivity index (χ2n) is 7.39. The van der Waals surface area contributed by atoms with Crippen LogP contribution in [0.4, 0.5) is 9.52 Å². The van der Waals surface area contributed by atoms with Crippen molar-refractivity contribution < 1.29 is 13.9 Å². The van der Waals surface area contributed by atoms with E-state index in [1.54, 1.807) is 12.1 Å². The topological polar surface area (TPSA) is 70.6 Å². The van der Waals surface area contributed by atoms with E-state index >= 15 is 0 Å². The summed E-state index contributed by atoms with van der Waals surface area (Å²) in [5.41, 5.74) is 0.967. The molecule has 7 nitrogen and oxygen atoms in total. The Balaban J connectivity index is 1.31. The zero-order valence-electron chi connectivity index (χ0n) is 16.3. The summed E-state index contributed by atoms with van der Waals surface area (Å²) in [6, 6.07) is 6.19. The van der Waals surface area contributed by atoms with Crippen molar-refractivity contribution in [3.05, 3.63) is 41.5 Å². The highest BCUT2D eigenvalue weighted by molar-refractivity contribution is 7.09. The van der Waals surface area contributed by atoms with E-state index in [9.17, 15) is 9.18 Å². The van der Waals surface area contributed by atoms with Crippen LogP contribution >= 0.6 is 11.5 Å². The highest BCUT2D eigenvalue weighted by Gasteiger charge is 2.32. The molecule has 2 saturated heterocycles. The van der Waals surface area contributed by atoms with Crippen molar-refractivity contribution in [1.29, 1.82) is 0 Å². The molecule has 1 amide bonds. The first-order valence-corrected chi connectivity index (χ1v) is 10.9. The summed E-state index contributed by atoms with van der Waals surface area (Å²) in [7, 11) is 0. The van der Waals surface area contributed by atoms with Gasteiger partial charge in [-0.15, -0.1) is 0 Å². The molecule has 1 atom stereocenters. The Kier molecular flexibility index (Phi) is 6.68. The lowest BCUT2D eigenvalue weighted by molar-refractivity contribution is -0.122. The van der Waals surface area contributed by atoms with Crippen LogP contribution < -0.4 is 10.2 Å². The lowest BCUT2D eigenvalue weighted by Crippen LogP contribution is -2.46. The van der Waals surface area contributed by atoms with Gasteiger partial charge in [0.2, 0.25) is 11.0 Å². The number of hydrogen-bond acceptors (Lipinski definition) is 7. The molecule has 1 N–H and O–H groups in total. The van der Waals surface area contributed by atoms with Gasteiger partial charge in [0.25, 0.3) is 0 Å². The fraction of sp³-hybridized carbons (Fsp3) is 0.550. The van der Waals surface area contributed by atoms with E-state index in [0.717, 1.165) is 62.9 Å². The zero-order chi connectivity index (χ0) is 20.1. The molecule has 0 saturated carbocycles. The number of carbonyl (C=O) groups is 1. The monoisotopic (exact) mass is 419 g/mol. The molecule has 2 aliphatic rings. The number of amides is 1. The predicted molar refractivity (Wildman–Crippen MR) is 110 cm³/mol. The third kappa shape index (κ3) is 5.29. The molecule has 9 heteroatoms. The number of anilines is 1. The van der Waals surface area contributed by atoms with Gasteiger partial charge < -0.3 is 15.0 Å². The second-order valence-corrected chi connectivity index (χ2v) is 8.12. The van der Waals surface area contributed by atoms with Crippen molar-refractivity contribution in [2.75, 3.05) is 50.8 Å². The van der Waals surface area contributed by atoms with Gasteiger partial charge in [0.1, 0.15) is 17.7 Å². The summed E-state index contributed by atoms with van der Waals surface area (Å²) in [5.74, 6) is 0.515. The molecule has 3 heterocycles. The van der Waals surface area contributed by atoms with Crippen LogP contribution in [0, 0.1) is 5.82 Å². The van der Waals surface area contributed by atoms with Gasteiger partial charge in [-0.2, -0.15) is 4.37 Å². The quantitative estimate of drug-likeness (QED) is 0.737. The number of nitrogens with zero attached hydrogens (tertiary/aromatic N) is 4. The van der Waals surface area contributed by atoms with E-state index in [1.165, 1.54) is 23.7 Å². The number of halogens is 1. The van der Waals surface area contributed by atoms with Crippen molar-refractivity contribution in [3.63, 3.8) is 0 Å². The Morgan fingerprint density at radius 1 is 1.24 bits per heavy atom. The summed E-state index contributed by atoms with van der Waals surface area (Å²) in [4.78, 5) is 21.7. The summed E-state index contributed by atoms with van der Waals surface area (Å²) in [5, 5.41) is 3.87. The van der Waals surface area contributed by atoms with Gasteiger partial charge in [0.05, 0.1) is 13.2 Å². The van der Waals surface area contributed by atoms with Gasteiger partial charge in [0.15, 0.2) is 0 Å². The molecule has 2 aromatic rings. The molecular formula is C20H26FN5O2S. The number of morpholine rings is 1. The number of ether oxygens (including phenoxy) is 1. The van der Waals surface area contributed by atoms with Crippen molar-refractivity contribution in [2.24, 2.45) is 0 Å². The average Bonchev–Trinajstić information content (AvgIpc) is 3.40. The smallest absolute Gasteiger partial charge is 0.242 e. The first-order valence-electron chi connectivity index (χ1n) is 10.1. The number of rotatable bonds is 7. The number of carbonyl (C=O) groups excluding carboxylic acids is 1. The maximum atomic E-state index is 13.1. The summed E-state index contributed by atoms with van der Waals surface area (Å²) < 4.78 is 22.9. The van der Waals surface area contributed by atoms with Crippen LogP contribution in [0.2, 0.25) is 0 Å². The molecule has 0 radical (unpaired) electrons. The molecule has 29 heavy (non-hydrogen) atoms. The van der Waals surface area contributed by atoms with E-state index in [-0.39, 0.29) is 17.8 Å². The minimum absolute atomic E-state index is 0.0612. The predicted octanol–water partition coefficient (Wildman–Crippen LogP) is 1.69. The SMILES string of the molecule is O=C(NCCN1CCOCC1)[C@H]1CCCN1c1nc(Cc2ccc(F)cc2)ns1. The van der Waals surface area contributed by atoms with E-state index in [0.29, 0.717) is 18.8 Å². The van der Waals surface area contributed by atoms with Crippen molar-refractivity contribution in [1.82, 2.24) is 19.6 Å². The first-order chi connectivity index (χ1) is 14.2. The van der Waals surface area contributed by atoms with Gasteiger partial charge in [0, 0.05) is 50.7 Å². The van der Waals surface area contributed by atoms with E-state index in [2.05, 4.69) is 24.5 Å². The molecule has 2 aliphatic heterocycles. The van der Waals surface area contributed by atoms with Gasteiger partial charge in [-0.1, -0.05) is 12.1 Å². The van der Waals surface area contributed by atoms with Crippen LogP contribution in [-0.4, -0.2) is 72.1 Å². The van der Waals surface area contributed by atoms with Gasteiger partial charge in [-0.05, 0) is 30.5 Å². The Morgan fingerprint density at radius 2 is 2.03 bits per heavy atom. The Labute approximate surface area is 174 Å². The van der Waals surface area contributed by atoms with E-state index in [4.69, 9.17) is 4.74 Å². The van der Waals surface area contributed by atoms with Crippen LogP contribution in [0.1, 0.15) is 24.2 Å². The lowest BCUT2D eigenvalue weighted by Gasteiger charge is -2.27. The molecule has 156 valence electrons. The minimum atomic E-state index is -0.250. The Morgan fingerprint density at radius 3 is 2.83 bits per heavy atom. The molecule has 2 fully saturated rings. The summed E-state index contributed by atoms with van der Waals surface area (Å²) in [6.07, 6.45) is 2.35. The highest BCUT2D eigenvalue weighted by atomic mass is 32.1. The van der Waals surface area contributed by atoms with E-state index < -0.39 is 0 Å². The van der Waals surface area contributed by atoms with Crippen LogP contribution in [0.3, 0.4) is 0 Å². The summed E-state index contributed by atoms with van der Waals surface area (Å²) in [6.45, 7) is 5.69. The van der Waals surface area contributed by atoms with Crippen LogP contribution in [0.5, 0.6) is 0 Å². The largest absolute Gasteiger partial charge is 0.379 e. The fourth-order valence-electron chi connectivity index (χ4n) is 3.77. The van der Waals surface area contributed by atoms with Gasteiger partial charge >= 0.3 is 0 Å². The van der Waals surface area contributed by atoms with Crippen molar-refractivity contribution in [2.45, 2.75) is 25.3 Å². The highest BCUT2D eigenvalue weighted by Crippen LogP contribution is 2.27. The van der Waals surface area contributed by atoms with Crippen LogP contribution in [0.15, 0.2) is 24.3 Å². The Bertz CT molecular complexity index is 809. The molecule has 0 aliphatic carbocycles. The lowest BCUT2D eigenvalue weighted by atomic mass is 10.1. The maximum Gasteiger partial charge on any atom is 0.242 e. The number of benzene rings is 1. The standard InChI is InChI=1S/C20H26FN5O2S/c21-16-5-3-15(4-6-16)14-18-23-20(29-24-18)26-8-1-2-17(26)19(27)22-7-9-25-10-12-28-13-11-25/h3-6,17H,1-2,7-14H2,(H,22,27)/t17-/m1/s1. The summed E-state index contributed by atoms with van der Waals surface area (Å²) >= 11 is 1.33. The number of nitrogens with one attached hydrogen (secondary N) is 1. The molecule has 1 aromatic heterocycles. The molecule has 0 bridgehead atoms. The zero-order valence-corrected chi connectivity index (χ0v) is 17.2. The van der Waals surface area contributed by atoms with Crippen molar-refractivity contribution >= 4 is 22.6 Å². The Hall–Kier alpha value is -2.10. The molecule has 0 spiro atoms. The average molecular weight is 420 g/mol. The number of hydrogen-bond donors (Lipinski definition) is 1. The molecular weight excluding hydrogens is 393 g/mol. The molecule has 0 unspecified atom stereocenters. The second kappa shape index (κ2) is 9.60. The van der Waals surface area contributed by atoms with Gasteiger partial charge in [-0.25, -0.2) is 9.37 Å². The normalized spacial score (nSPS) is 20.2. The first kappa shape index (κ1) is 20.2. The maximum absolute atomic E-state index is 13.1. The third-order valence-corrected chi connectivity index (χ3v) is 6.16. The number of aromatic nitrogens is 2. The van der Waals surface area contributed by atoms with Crippen LogP contribution in [0.25, 0.3) is 0 Å². The minimum Gasteiger partial charge on any atom is -0.379 e. The molecule has 1 aromatic carbocycles.